The Balaban J connectivity index is 2.30. The van der Waals surface area contributed by atoms with Crippen molar-refractivity contribution in [1.29, 1.82) is 0 Å². The fourth-order valence-corrected chi connectivity index (χ4v) is 3.58. The number of thiophene rings is 1. The van der Waals surface area contributed by atoms with Gasteiger partial charge in [0, 0.05) is 11.4 Å². The molecule has 0 saturated heterocycles. The third-order valence-electron chi connectivity index (χ3n) is 3.25. The number of rotatable bonds is 2. The number of alkyl halides is 1. The van der Waals surface area contributed by atoms with Crippen LogP contribution in [0.2, 0.25) is 0 Å². The molecule has 2 nitrogen and oxygen atoms in total. The maximum Gasteiger partial charge on any atom is 0.239 e. The summed E-state index contributed by atoms with van der Waals surface area (Å²) in [5, 5.41) is 2.14. The Bertz CT molecular complexity index is 421. The molecule has 1 aromatic rings. The third kappa shape index (κ3) is 2.43. The van der Waals surface area contributed by atoms with Crippen LogP contribution in [0.4, 0.5) is 0 Å². The van der Waals surface area contributed by atoms with Crippen molar-refractivity contribution >= 4 is 33.2 Å². The van der Waals surface area contributed by atoms with Gasteiger partial charge in [0.25, 0.3) is 0 Å². The first-order chi connectivity index (χ1) is 7.95. The van der Waals surface area contributed by atoms with Crippen LogP contribution >= 0.6 is 27.3 Å². The molecule has 17 heavy (non-hydrogen) atoms. The maximum absolute atomic E-state index is 12.4. The lowest BCUT2D eigenvalue weighted by Crippen LogP contribution is -2.46. The lowest BCUT2D eigenvalue weighted by atomic mass is 9.96. The van der Waals surface area contributed by atoms with Crippen LogP contribution < -0.4 is 0 Å². The second kappa shape index (κ2) is 4.73. The van der Waals surface area contributed by atoms with Crippen molar-refractivity contribution in [1.82, 2.24) is 4.90 Å². The van der Waals surface area contributed by atoms with Crippen LogP contribution in [0, 0.1) is 0 Å². The van der Waals surface area contributed by atoms with Gasteiger partial charge in [-0.2, -0.15) is 0 Å². The van der Waals surface area contributed by atoms with Gasteiger partial charge in [-0.25, -0.2) is 0 Å². The van der Waals surface area contributed by atoms with Crippen molar-refractivity contribution in [3.63, 3.8) is 0 Å². The van der Waals surface area contributed by atoms with Crippen LogP contribution in [0.3, 0.4) is 0 Å². The molecule has 2 heterocycles. The first-order valence-corrected chi connectivity index (χ1v) is 7.68. The number of nitrogens with zero attached hydrogens (tertiary/aromatic N) is 1. The number of fused-ring (bicyclic) bond motifs is 1. The Labute approximate surface area is 115 Å². The first-order valence-electron chi connectivity index (χ1n) is 6.01. The quantitative estimate of drug-likeness (QED) is 0.761. The topological polar surface area (TPSA) is 20.3 Å². The fourth-order valence-electron chi connectivity index (χ4n) is 2.42. The van der Waals surface area contributed by atoms with E-state index >= 15 is 0 Å². The molecule has 1 aliphatic heterocycles. The van der Waals surface area contributed by atoms with E-state index in [2.05, 4.69) is 34.3 Å². The average Bonchev–Trinajstić information content (AvgIpc) is 2.73. The van der Waals surface area contributed by atoms with Gasteiger partial charge < -0.3 is 4.90 Å². The molecule has 94 valence electrons. The predicted molar refractivity (Wildman–Crippen MR) is 75.8 cm³/mol. The van der Waals surface area contributed by atoms with Crippen LogP contribution in [-0.4, -0.2) is 21.7 Å². The van der Waals surface area contributed by atoms with Crippen molar-refractivity contribution in [2.24, 2.45) is 0 Å². The van der Waals surface area contributed by atoms with Gasteiger partial charge in [-0.05, 0) is 43.7 Å². The van der Waals surface area contributed by atoms with Gasteiger partial charge in [0.15, 0.2) is 0 Å². The van der Waals surface area contributed by atoms with Crippen molar-refractivity contribution in [2.45, 2.75) is 44.0 Å². The summed E-state index contributed by atoms with van der Waals surface area (Å²) in [5.41, 5.74) is 1.36. The molecule has 1 aliphatic rings. The van der Waals surface area contributed by atoms with Crippen molar-refractivity contribution in [3.8, 4) is 0 Å². The molecule has 4 heteroatoms. The number of carbonyl (C=O) groups is 1. The molecule has 0 aromatic carbocycles. The van der Waals surface area contributed by atoms with Crippen LogP contribution in [0.15, 0.2) is 11.4 Å². The zero-order valence-electron chi connectivity index (χ0n) is 10.5. The van der Waals surface area contributed by atoms with Crippen LogP contribution in [0.25, 0.3) is 0 Å². The van der Waals surface area contributed by atoms with E-state index in [9.17, 15) is 4.79 Å². The fraction of sp³-hybridized carbons (Fsp3) is 0.615. The first kappa shape index (κ1) is 13.1. The zero-order chi connectivity index (χ0) is 12.6. The van der Waals surface area contributed by atoms with E-state index in [0.29, 0.717) is 0 Å². The molecule has 1 atom stereocenters. The third-order valence-corrected chi connectivity index (χ3v) is 4.59. The zero-order valence-corrected chi connectivity index (χ0v) is 12.9. The smallest absolute Gasteiger partial charge is 0.239 e. The Hall–Kier alpha value is -0.350. The highest BCUT2D eigenvalue weighted by atomic mass is 79.9. The molecule has 0 saturated carbocycles. The Morgan fingerprint density at radius 2 is 2.35 bits per heavy atom. The van der Waals surface area contributed by atoms with E-state index in [0.717, 1.165) is 19.4 Å². The Morgan fingerprint density at radius 3 is 2.94 bits per heavy atom. The molecular formula is C13H18BrNOS. The van der Waals surface area contributed by atoms with Crippen LogP contribution in [0.1, 0.15) is 43.7 Å². The van der Waals surface area contributed by atoms with Gasteiger partial charge in [-0.15, -0.1) is 11.3 Å². The predicted octanol–water partition coefficient (Wildman–Crippen LogP) is 3.76. The number of amides is 1. The molecular weight excluding hydrogens is 298 g/mol. The Morgan fingerprint density at radius 1 is 1.65 bits per heavy atom. The van der Waals surface area contributed by atoms with E-state index in [4.69, 9.17) is 0 Å². The van der Waals surface area contributed by atoms with Crippen molar-refractivity contribution in [2.75, 3.05) is 6.54 Å². The van der Waals surface area contributed by atoms with E-state index in [1.165, 1.54) is 10.4 Å². The largest absolute Gasteiger partial charge is 0.334 e. The van der Waals surface area contributed by atoms with Crippen LogP contribution in [-0.2, 0) is 11.2 Å². The van der Waals surface area contributed by atoms with E-state index in [1.54, 1.807) is 0 Å². The lowest BCUT2D eigenvalue weighted by molar-refractivity contribution is -0.135. The molecule has 0 aliphatic carbocycles. The van der Waals surface area contributed by atoms with Crippen molar-refractivity contribution in [3.05, 3.63) is 21.9 Å². The minimum Gasteiger partial charge on any atom is -0.334 e. The van der Waals surface area contributed by atoms with Gasteiger partial charge in [0.2, 0.25) is 5.91 Å². The molecule has 1 aromatic heterocycles. The molecule has 0 spiro atoms. The molecule has 2 rings (SSSR count). The summed E-state index contributed by atoms with van der Waals surface area (Å²) in [6, 6.07) is 2.43. The highest BCUT2D eigenvalue weighted by molar-refractivity contribution is 9.10. The van der Waals surface area contributed by atoms with E-state index in [-0.39, 0.29) is 11.9 Å². The lowest BCUT2D eigenvalue weighted by Gasteiger charge is -2.38. The van der Waals surface area contributed by atoms with Crippen molar-refractivity contribution < 1.29 is 4.79 Å². The summed E-state index contributed by atoms with van der Waals surface area (Å²) in [5.74, 6) is 0.196. The molecule has 0 radical (unpaired) electrons. The summed E-state index contributed by atoms with van der Waals surface area (Å²) in [7, 11) is 0. The molecule has 0 N–H and O–H groups in total. The summed E-state index contributed by atoms with van der Waals surface area (Å²) < 4.78 is -0.464. The van der Waals surface area contributed by atoms with Gasteiger partial charge in [0.1, 0.15) is 0 Å². The molecule has 1 amide bonds. The highest BCUT2D eigenvalue weighted by Gasteiger charge is 2.36. The van der Waals surface area contributed by atoms with Gasteiger partial charge in [0.05, 0.1) is 10.4 Å². The molecule has 1 unspecified atom stereocenters. The maximum atomic E-state index is 12.4. The normalized spacial score (nSPS) is 20.2. The second-order valence-electron chi connectivity index (χ2n) is 4.94. The van der Waals surface area contributed by atoms with E-state index in [1.807, 2.05) is 30.1 Å². The average molecular weight is 316 g/mol. The highest BCUT2D eigenvalue weighted by Crippen LogP contribution is 2.37. The number of carbonyl (C=O) groups excluding carboxylic acids is 1. The molecule has 0 bridgehead atoms. The minimum absolute atomic E-state index is 0.196. The number of hydrogen-bond acceptors (Lipinski definition) is 2. The van der Waals surface area contributed by atoms with E-state index < -0.39 is 4.32 Å². The van der Waals surface area contributed by atoms with Gasteiger partial charge in [-0.1, -0.05) is 22.9 Å². The number of halogens is 1. The summed E-state index contributed by atoms with van der Waals surface area (Å²) in [4.78, 5) is 15.9. The Kier molecular flexibility index (Phi) is 3.64. The minimum atomic E-state index is -0.464. The van der Waals surface area contributed by atoms with Gasteiger partial charge >= 0.3 is 0 Å². The van der Waals surface area contributed by atoms with Crippen LogP contribution in [0.5, 0.6) is 0 Å². The molecule has 0 fully saturated rings. The SMILES string of the molecule is CCC1c2ccsc2CCN1C(=O)C(C)(C)Br. The van der Waals surface area contributed by atoms with Gasteiger partial charge in [-0.3, -0.25) is 4.79 Å². The summed E-state index contributed by atoms with van der Waals surface area (Å²) in [6.07, 6.45) is 1.98. The summed E-state index contributed by atoms with van der Waals surface area (Å²) in [6.45, 7) is 6.84. The standard InChI is InChI=1S/C13H18BrNOS/c1-4-10-9-6-8-17-11(9)5-7-15(10)12(16)13(2,3)14/h6,8,10H,4-5,7H2,1-3H3. The summed E-state index contributed by atoms with van der Waals surface area (Å²) >= 11 is 5.29. The number of hydrogen-bond donors (Lipinski definition) is 0. The monoisotopic (exact) mass is 315 g/mol. The second-order valence-corrected chi connectivity index (χ2v) is 7.93.